The third-order valence-electron chi connectivity index (χ3n) is 11.8. The van der Waals surface area contributed by atoms with Crippen molar-refractivity contribution >= 4 is 226 Å². The Morgan fingerprint density at radius 3 is 1.29 bits per heavy atom. The van der Waals surface area contributed by atoms with Crippen molar-refractivity contribution in [2.24, 2.45) is 0 Å². The van der Waals surface area contributed by atoms with Gasteiger partial charge in [-0.25, -0.2) is 18.4 Å². The second-order valence-electron chi connectivity index (χ2n) is 22.9. The molecule has 4 heterocycles. The van der Waals surface area contributed by atoms with E-state index in [0.717, 1.165) is 55.7 Å². The first-order valence-electron chi connectivity index (χ1n) is 32.1. The number of aliphatic hydroxyl groups excluding tert-OH is 4. The molecule has 105 heavy (non-hydrogen) atoms. The van der Waals surface area contributed by atoms with Gasteiger partial charge in [0, 0.05) is 350 Å². The SMILES string of the molecule is CC(C)(C)SSCc1ccccc1CO.CC(C)N(C(C)C)P(C)Cl.S=S=S=S=S=S=S=S=S=S=S=S=S=S=S=S=S=S.[2H]C[C@H]1O[C@@H](n2ccc(=O)[nH]c2=O)C(F)[C@H]1O.[2H]C[C@H]1O[C@@H](n2ccc(=O)[nH]c2=O)C(F)[C@H]1ON(OCc1ccccc1CSSC(C)(C)C)N(C(C)C)C(C)C.[3H]OC.[3H]OC.[U].[U].[U]. The average molecular weight is 2600 g/mol. The summed E-state index contributed by atoms with van der Waals surface area (Å²) in [4.78, 5) is 62.5. The number of nitrogens with zero attached hydrogens (tertiary/aromatic N) is 5. The maximum Gasteiger partial charge on any atom is 0.330 e. The number of aromatic amines is 2. The second kappa shape index (κ2) is 67.3. The minimum Gasteiger partial charge on any atom is -0.400 e. The fourth-order valence-electron chi connectivity index (χ4n) is 8.20. The monoisotopic (exact) mass is 2600 g/mol. The number of rotatable bonds is 20. The number of aromatic nitrogens is 4. The van der Waals surface area contributed by atoms with Gasteiger partial charge in [0.1, 0.15) is 12.2 Å². The summed E-state index contributed by atoms with van der Waals surface area (Å²) < 4.78 is 71.4. The zero-order valence-corrected chi connectivity index (χ0v) is 92.5. The van der Waals surface area contributed by atoms with Gasteiger partial charge in [-0.05, 0) is 98.1 Å². The van der Waals surface area contributed by atoms with E-state index < -0.39 is 79.1 Å². The molecule has 0 aliphatic carbocycles. The molecular formula is C57H95ClF2N7O12PS22U3. The van der Waals surface area contributed by atoms with E-state index in [1.54, 1.807) is 135 Å². The summed E-state index contributed by atoms with van der Waals surface area (Å²) in [5.41, 5.74) is 1.56. The van der Waals surface area contributed by atoms with Crippen LogP contribution >= 0.6 is 61.8 Å². The Hall–Kier alpha value is 4.46. The summed E-state index contributed by atoms with van der Waals surface area (Å²) >= 11 is 15.5. The molecule has 2 aliphatic heterocycles. The second-order valence-corrected chi connectivity index (χ2v) is 60.3. The molecule has 0 amide bonds. The van der Waals surface area contributed by atoms with Crippen molar-refractivity contribution in [3.8, 4) is 0 Å². The molecule has 9 atom stereocenters. The van der Waals surface area contributed by atoms with E-state index in [0.29, 0.717) is 16.8 Å². The minimum absolute atomic E-state index is 0. The number of hydrazine groups is 1. The van der Waals surface area contributed by atoms with Gasteiger partial charge in [-0.2, -0.15) is 5.01 Å². The zero-order valence-electron chi connectivity index (χ0n) is 64.4. The molecule has 0 saturated carbocycles. The summed E-state index contributed by atoms with van der Waals surface area (Å²) in [5.74, 6) is 1.75. The van der Waals surface area contributed by atoms with Crippen LogP contribution in [0.4, 0.5) is 8.78 Å². The first-order chi connectivity index (χ1) is 50.1. The van der Waals surface area contributed by atoms with Gasteiger partial charge in [-0.15, -0.1) is 0 Å². The van der Waals surface area contributed by atoms with Crippen molar-refractivity contribution in [3.63, 3.8) is 0 Å². The molecule has 0 spiro atoms. The maximum absolute atomic E-state index is 15.9. The Morgan fingerprint density at radius 1 is 0.619 bits per heavy atom. The van der Waals surface area contributed by atoms with Crippen LogP contribution in [0.2, 0.25) is 0 Å². The van der Waals surface area contributed by atoms with Gasteiger partial charge in [-0.1, -0.05) is 144 Å². The summed E-state index contributed by atoms with van der Waals surface area (Å²) in [5, 5.41) is 28.6. The Morgan fingerprint density at radius 2 is 0.971 bits per heavy atom. The van der Waals surface area contributed by atoms with E-state index in [1.165, 1.54) is 49.1 Å². The predicted octanol–water partition coefficient (Wildman–Crippen LogP) is 10.7. The number of hydrogen-bond donors (Lipinski definition) is 6. The Kier molecular flexibility index (Phi) is 68.8. The van der Waals surface area contributed by atoms with Crippen LogP contribution in [0, 0.1) is 93.3 Å². The number of H-pyrrole nitrogens is 2. The van der Waals surface area contributed by atoms with E-state index in [9.17, 15) is 28.7 Å². The van der Waals surface area contributed by atoms with Gasteiger partial charge < -0.3 is 29.9 Å². The topological polar surface area (TPSA) is 237 Å². The van der Waals surface area contributed by atoms with Crippen LogP contribution in [0.1, 0.15) is 148 Å². The van der Waals surface area contributed by atoms with Crippen LogP contribution in [0.3, 0.4) is 0 Å². The van der Waals surface area contributed by atoms with E-state index in [2.05, 4.69) is 108 Å². The molecule has 0 bridgehead atoms. The van der Waals surface area contributed by atoms with Crippen LogP contribution in [-0.4, -0.2) is 149 Å². The number of halogens is 3. The standard InChI is InChI=1S/C27H41FN4O5S2.C12H18OS2.C9H11FN2O4.C7H17ClNP.2CH4O.S18.3U/c1-17(2)31(18(3)4)32(35-15-20-11-9-10-12-21(20)16-38-39-27(6,7)8)37-24-19(5)36-25(23(24)28)30-14-13-22(33)29-26(30)34;1-12(2,3)15-14-9-11-7-5-4-6-10(11)8-13;1-4-7(14)6(10)8(16-4)12-3-2-5(13)11-9(12)15;1-6(2)9(7(3)4)10(5)8;2*1-2;1-3-5-7-9-11-13-15-17-18-16-14-12-10-8-6-4-2;;;/h9-14,17-19,23-25H,15-16H2,1-8H3,(H,29,33,34);4-7,13H,8-9H2,1-3H3;2-4,6-8,14H,1H3,(H,11,13,15);6-7H,1-5H3;2*2H,1H3;;;;/t19-,23?,24+,25-;;4-,6?,7+,8-;;;;;;;/m1.1......./s1/i5D;;1D;;2*2T;;;;. The first kappa shape index (κ1) is 107. The van der Waals surface area contributed by atoms with Crippen molar-refractivity contribution in [2.75, 3.05) is 20.9 Å². The maximum atomic E-state index is 15.9. The van der Waals surface area contributed by atoms with Gasteiger partial charge in [0.2, 0.25) is 2.86 Å². The number of alkyl halides is 2. The number of aliphatic hydroxyl groups is 4. The molecule has 2 aromatic heterocycles. The average Bonchev–Trinajstić information content (AvgIpc) is 1.64. The van der Waals surface area contributed by atoms with E-state index in [1.807, 2.05) is 106 Å². The molecule has 6 rings (SSSR count). The molecule has 48 heteroatoms. The molecular weight excluding hydrogens is 2500 g/mol. The molecule has 19 nitrogen and oxygen atoms in total. The van der Waals surface area contributed by atoms with Crippen molar-refractivity contribution in [1.82, 2.24) is 34.1 Å². The molecule has 2 aromatic carbocycles. The molecule has 4 aromatic rings. The number of ether oxygens (including phenoxy) is 2. The molecule has 2 aliphatic rings. The molecule has 600 valence electrons. The Labute approximate surface area is 772 Å². The van der Waals surface area contributed by atoms with Crippen LogP contribution in [-0.2, 0) is 208 Å². The predicted molar refractivity (Wildman–Crippen MR) is 477 cm³/mol. The van der Waals surface area contributed by atoms with E-state index in [-0.39, 0.29) is 137 Å². The number of hydrogen-bond acceptors (Lipinski definition) is 21. The summed E-state index contributed by atoms with van der Waals surface area (Å²) in [6, 6.07) is 19.2. The fraction of sp³-hybridized carbons (Fsp3) is 0.649. The van der Waals surface area contributed by atoms with Gasteiger partial charge in [0.25, 0.3) is 11.1 Å². The molecule has 3 unspecified atom stereocenters. The van der Waals surface area contributed by atoms with Crippen LogP contribution in [0.15, 0.2) is 92.2 Å². The third kappa shape index (κ3) is 50.2. The van der Waals surface area contributed by atoms with E-state index >= 15 is 4.39 Å². The summed E-state index contributed by atoms with van der Waals surface area (Å²) in [6.45, 7) is 31.5. The smallest absolute Gasteiger partial charge is 0.330 e. The molecule has 6 N–H and O–H groups in total. The van der Waals surface area contributed by atoms with Crippen molar-refractivity contribution in [1.29, 1.82) is 2.86 Å². The largest absolute Gasteiger partial charge is 0.400 e. The van der Waals surface area contributed by atoms with Crippen LogP contribution in [0.5, 0.6) is 0 Å². The van der Waals surface area contributed by atoms with Crippen molar-refractivity contribution in [2.45, 2.75) is 218 Å². The summed E-state index contributed by atoms with van der Waals surface area (Å²) in [7, 11) is 36.6. The van der Waals surface area contributed by atoms with Crippen molar-refractivity contribution < 1.29 is 144 Å². The van der Waals surface area contributed by atoms with Crippen molar-refractivity contribution in [3.05, 3.63) is 137 Å². The van der Waals surface area contributed by atoms with Gasteiger partial charge in [-0.3, -0.25) is 43.0 Å². The van der Waals surface area contributed by atoms with Gasteiger partial charge >= 0.3 is 11.4 Å². The van der Waals surface area contributed by atoms with Gasteiger partial charge in [0.05, 0.1) is 32.8 Å². The molecule has 0 radical (unpaired) electrons. The minimum atomic E-state index is -1.82. The fourth-order valence-corrected chi connectivity index (χ4v) is 53.8. The van der Waals surface area contributed by atoms with Crippen LogP contribution in [0.25, 0.3) is 0 Å². The summed E-state index contributed by atoms with van der Waals surface area (Å²) in [6.07, 6.45) is -8.68. The zero-order chi connectivity index (χ0) is 80.5. The molecule has 2 saturated heterocycles. The number of benzene rings is 2. The normalized spacial score (nSPS) is 18.4. The molecule has 2 fully saturated rings. The quantitative estimate of drug-likeness (QED) is 0.0274. The first-order valence-corrected chi connectivity index (χ1v) is 59.9. The Bertz CT molecular complexity index is 4150. The number of nitrogens with one attached hydrogen (secondary N) is 2. The van der Waals surface area contributed by atoms with Crippen LogP contribution < -0.4 is 22.5 Å². The van der Waals surface area contributed by atoms with E-state index in [4.69, 9.17) is 63.5 Å². The Balaban J connectivity index is -0.000000672. The van der Waals surface area contributed by atoms with Gasteiger partial charge in [0.15, 0.2) is 24.8 Å². The third-order valence-corrected chi connectivity index (χ3v) is 53.8.